The van der Waals surface area contributed by atoms with Crippen LogP contribution in [0.1, 0.15) is 0 Å². The zero-order chi connectivity index (χ0) is 15.1. The van der Waals surface area contributed by atoms with Crippen LogP contribution < -0.4 is 0 Å². The minimum absolute atomic E-state index is 0.231. The highest BCUT2D eigenvalue weighted by Crippen LogP contribution is 2.28. The average molecular weight is 290 g/mol. The second-order valence-corrected chi connectivity index (χ2v) is 5.35. The lowest BCUT2D eigenvalue weighted by molar-refractivity contribution is -0.136. The minimum atomic E-state index is -0.231. The summed E-state index contributed by atoms with van der Waals surface area (Å²) in [5, 5.41) is 2.38. The van der Waals surface area contributed by atoms with Crippen molar-refractivity contribution in [1.29, 1.82) is 0 Å². The van der Waals surface area contributed by atoms with Crippen molar-refractivity contribution in [3.05, 3.63) is 60.7 Å². The summed E-state index contributed by atoms with van der Waals surface area (Å²) in [7, 11) is 0. The van der Waals surface area contributed by atoms with E-state index in [0.717, 1.165) is 11.0 Å². The fourth-order valence-electron chi connectivity index (χ4n) is 3.10. The van der Waals surface area contributed by atoms with Crippen LogP contribution >= 0.6 is 0 Å². The van der Waals surface area contributed by atoms with Gasteiger partial charge < -0.3 is 4.57 Å². The number of para-hydroxylation sites is 2. The van der Waals surface area contributed by atoms with Crippen LogP contribution in [0.15, 0.2) is 60.7 Å². The molecule has 0 unspecified atom stereocenters. The van der Waals surface area contributed by atoms with E-state index >= 15 is 0 Å². The molecule has 0 radical (unpaired) electrons. The van der Waals surface area contributed by atoms with Crippen molar-refractivity contribution < 1.29 is 9.59 Å². The average Bonchev–Trinajstić information content (AvgIpc) is 3.04. The maximum absolute atomic E-state index is 11.7. The number of hydrogen-bond donors (Lipinski definition) is 0. The second-order valence-electron chi connectivity index (χ2n) is 5.35. The van der Waals surface area contributed by atoms with E-state index in [1.165, 1.54) is 27.8 Å². The van der Waals surface area contributed by atoms with Crippen LogP contribution in [0.25, 0.3) is 21.8 Å². The summed E-state index contributed by atoms with van der Waals surface area (Å²) in [4.78, 5) is 24.6. The zero-order valence-electron chi connectivity index (χ0n) is 11.9. The normalized spacial score (nSPS) is 14.6. The third-order valence-electron chi connectivity index (χ3n) is 4.13. The quantitative estimate of drug-likeness (QED) is 0.696. The molecule has 4 rings (SSSR count). The highest BCUT2D eigenvalue weighted by Gasteiger charge is 2.23. The van der Waals surface area contributed by atoms with E-state index in [2.05, 4.69) is 28.8 Å². The second kappa shape index (κ2) is 4.84. The smallest absolute Gasteiger partial charge is 0.253 e. The molecule has 22 heavy (non-hydrogen) atoms. The molecule has 0 N–H and O–H groups in total. The molecular formula is C18H14N2O2. The van der Waals surface area contributed by atoms with E-state index in [4.69, 9.17) is 0 Å². The highest BCUT2D eigenvalue weighted by atomic mass is 16.2. The standard InChI is InChI=1S/C18H14N2O2/c21-17-9-10-18(22)20(17)12-11-19-15-7-3-1-5-13(15)14-6-2-4-8-16(14)19/h1-10H,11-12H2. The van der Waals surface area contributed by atoms with E-state index in [1.54, 1.807) is 0 Å². The number of benzene rings is 2. The van der Waals surface area contributed by atoms with Crippen LogP contribution in [0.4, 0.5) is 0 Å². The van der Waals surface area contributed by atoms with Gasteiger partial charge in [-0.25, -0.2) is 0 Å². The van der Waals surface area contributed by atoms with E-state index < -0.39 is 0 Å². The van der Waals surface area contributed by atoms with Crippen molar-refractivity contribution in [2.75, 3.05) is 6.54 Å². The van der Waals surface area contributed by atoms with E-state index in [9.17, 15) is 9.59 Å². The molecule has 0 saturated carbocycles. The van der Waals surface area contributed by atoms with Crippen LogP contribution in [0.3, 0.4) is 0 Å². The van der Waals surface area contributed by atoms with Crippen LogP contribution in [-0.4, -0.2) is 27.8 Å². The first kappa shape index (κ1) is 12.8. The number of nitrogens with zero attached hydrogens (tertiary/aromatic N) is 2. The summed E-state index contributed by atoms with van der Waals surface area (Å²) in [5.41, 5.74) is 2.24. The van der Waals surface area contributed by atoms with Gasteiger partial charge in [-0.1, -0.05) is 36.4 Å². The first-order valence-corrected chi connectivity index (χ1v) is 7.25. The van der Waals surface area contributed by atoms with Gasteiger partial charge >= 0.3 is 0 Å². The maximum Gasteiger partial charge on any atom is 0.253 e. The fraction of sp³-hybridized carbons (Fsp3) is 0.111. The summed E-state index contributed by atoms with van der Waals surface area (Å²) in [6.07, 6.45) is 2.66. The summed E-state index contributed by atoms with van der Waals surface area (Å²) in [6.45, 7) is 0.973. The zero-order valence-corrected chi connectivity index (χ0v) is 11.9. The molecular weight excluding hydrogens is 276 g/mol. The number of rotatable bonds is 3. The molecule has 2 amide bonds. The summed E-state index contributed by atoms with van der Waals surface area (Å²) < 4.78 is 2.17. The Morgan fingerprint density at radius 1 is 0.682 bits per heavy atom. The molecule has 3 aromatic rings. The lowest BCUT2D eigenvalue weighted by atomic mass is 10.2. The van der Waals surface area contributed by atoms with Crippen molar-refractivity contribution in [2.24, 2.45) is 0 Å². The summed E-state index contributed by atoms with van der Waals surface area (Å²) >= 11 is 0. The van der Waals surface area contributed by atoms with E-state index in [1.807, 2.05) is 24.3 Å². The molecule has 0 spiro atoms. The highest BCUT2D eigenvalue weighted by molar-refractivity contribution is 6.13. The van der Waals surface area contributed by atoms with Gasteiger partial charge in [0.1, 0.15) is 0 Å². The monoisotopic (exact) mass is 290 g/mol. The molecule has 1 aliphatic rings. The van der Waals surface area contributed by atoms with Gasteiger partial charge in [0.2, 0.25) is 0 Å². The Labute approximate surface area is 127 Å². The lowest BCUT2D eigenvalue weighted by Gasteiger charge is -2.15. The largest absolute Gasteiger partial charge is 0.339 e. The first-order chi connectivity index (χ1) is 10.8. The molecule has 4 heteroatoms. The number of carbonyl (C=O) groups excluding carboxylic acids is 2. The third-order valence-corrected chi connectivity index (χ3v) is 4.13. The Morgan fingerprint density at radius 2 is 1.18 bits per heavy atom. The Bertz CT molecular complexity index is 865. The summed E-state index contributed by atoms with van der Waals surface area (Å²) in [5.74, 6) is -0.462. The first-order valence-electron chi connectivity index (χ1n) is 7.25. The minimum Gasteiger partial charge on any atom is -0.339 e. The molecule has 0 aliphatic carbocycles. The van der Waals surface area contributed by atoms with E-state index in [-0.39, 0.29) is 11.8 Å². The van der Waals surface area contributed by atoms with Gasteiger partial charge in [0.25, 0.3) is 11.8 Å². The number of carbonyl (C=O) groups is 2. The molecule has 2 heterocycles. The maximum atomic E-state index is 11.7. The van der Waals surface area contributed by atoms with Gasteiger partial charge in [-0.2, -0.15) is 0 Å². The molecule has 0 fully saturated rings. The van der Waals surface area contributed by atoms with Crippen LogP contribution in [-0.2, 0) is 16.1 Å². The van der Waals surface area contributed by atoms with E-state index in [0.29, 0.717) is 13.1 Å². The topological polar surface area (TPSA) is 42.3 Å². The van der Waals surface area contributed by atoms with Gasteiger partial charge in [-0.15, -0.1) is 0 Å². The van der Waals surface area contributed by atoms with Crippen molar-refractivity contribution >= 4 is 33.6 Å². The van der Waals surface area contributed by atoms with Crippen molar-refractivity contribution in [3.63, 3.8) is 0 Å². The molecule has 0 bridgehead atoms. The molecule has 2 aromatic carbocycles. The molecule has 4 nitrogen and oxygen atoms in total. The Balaban J connectivity index is 1.77. The predicted octanol–water partition coefficient (Wildman–Crippen LogP) is 2.72. The number of aromatic nitrogens is 1. The van der Waals surface area contributed by atoms with Gasteiger partial charge in [0, 0.05) is 47.0 Å². The van der Waals surface area contributed by atoms with Crippen LogP contribution in [0.5, 0.6) is 0 Å². The fourth-order valence-corrected chi connectivity index (χ4v) is 3.10. The molecule has 108 valence electrons. The molecule has 0 atom stereocenters. The molecule has 1 aliphatic heterocycles. The van der Waals surface area contributed by atoms with Gasteiger partial charge in [0.05, 0.1) is 0 Å². The molecule has 1 aromatic heterocycles. The Morgan fingerprint density at radius 3 is 1.73 bits per heavy atom. The Hall–Kier alpha value is -2.88. The number of imide groups is 1. The third kappa shape index (κ3) is 1.84. The van der Waals surface area contributed by atoms with Crippen molar-refractivity contribution in [2.45, 2.75) is 6.54 Å². The summed E-state index contributed by atoms with van der Waals surface area (Å²) in [6, 6.07) is 16.4. The van der Waals surface area contributed by atoms with Gasteiger partial charge in [-0.05, 0) is 12.1 Å². The van der Waals surface area contributed by atoms with Gasteiger partial charge in [-0.3, -0.25) is 14.5 Å². The van der Waals surface area contributed by atoms with Crippen molar-refractivity contribution in [1.82, 2.24) is 9.47 Å². The Kier molecular flexibility index (Phi) is 2.82. The number of amides is 2. The molecule has 0 saturated heterocycles. The SMILES string of the molecule is O=C1C=CC(=O)N1CCn1c2ccccc2c2ccccc21. The number of hydrogen-bond acceptors (Lipinski definition) is 2. The predicted molar refractivity (Wildman–Crippen MR) is 85.3 cm³/mol. The number of fused-ring (bicyclic) bond motifs is 3. The van der Waals surface area contributed by atoms with Crippen LogP contribution in [0, 0.1) is 0 Å². The van der Waals surface area contributed by atoms with Crippen LogP contribution in [0.2, 0.25) is 0 Å². The van der Waals surface area contributed by atoms with Crippen molar-refractivity contribution in [3.8, 4) is 0 Å². The lowest BCUT2D eigenvalue weighted by Crippen LogP contribution is -2.33. The van der Waals surface area contributed by atoms with Gasteiger partial charge in [0.15, 0.2) is 0 Å².